The highest BCUT2D eigenvalue weighted by atomic mass is 32.2. The lowest BCUT2D eigenvalue weighted by molar-refractivity contribution is 0.108. The first-order valence-electron chi connectivity index (χ1n) is 5.54. The lowest BCUT2D eigenvalue weighted by atomic mass is 10.1. The Labute approximate surface area is 101 Å². The molecule has 0 aliphatic carbocycles. The van der Waals surface area contributed by atoms with E-state index in [4.69, 9.17) is 5.73 Å². The molecule has 3 N–H and O–H groups in total. The number of nitrogens with zero attached hydrogens (tertiary/aromatic N) is 1. The minimum absolute atomic E-state index is 0.164. The van der Waals surface area contributed by atoms with E-state index < -0.39 is 16.1 Å². The molecule has 0 spiro atoms. The summed E-state index contributed by atoms with van der Waals surface area (Å²) in [6, 6.07) is 6.22. The van der Waals surface area contributed by atoms with Gasteiger partial charge in [0.25, 0.3) is 0 Å². The zero-order chi connectivity index (χ0) is 12.5. The molecular formula is C11H16N2O3S. The van der Waals surface area contributed by atoms with Crippen LogP contribution in [0.1, 0.15) is 12.8 Å². The second-order valence-corrected chi connectivity index (χ2v) is 6.17. The topological polar surface area (TPSA) is 83.6 Å². The molecule has 6 heteroatoms. The molecule has 0 unspecified atom stereocenters. The van der Waals surface area contributed by atoms with Gasteiger partial charge in [0.1, 0.15) is 0 Å². The van der Waals surface area contributed by atoms with E-state index in [2.05, 4.69) is 0 Å². The lowest BCUT2D eigenvalue weighted by Crippen LogP contribution is -2.42. The zero-order valence-corrected chi connectivity index (χ0v) is 10.2. The van der Waals surface area contributed by atoms with Crippen LogP contribution in [0.4, 0.5) is 5.69 Å². The van der Waals surface area contributed by atoms with E-state index in [-0.39, 0.29) is 11.4 Å². The SMILES string of the molecule is Nc1cccc(S(=O)(=O)N2CCC[C@H](O)C2)c1. The summed E-state index contributed by atoms with van der Waals surface area (Å²) in [5, 5.41) is 9.51. The number of piperidine rings is 1. The number of aliphatic hydroxyl groups is 1. The average Bonchev–Trinajstić information content (AvgIpc) is 2.29. The third-order valence-corrected chi connectivity index (χ3v) is 4.72. The summed E-state index contributed by atoms with van der Waals surface area (Å²) in [6.45, 7) is 0.616. The van der Waals surface area contributed by atoms with Gasteiger partial charge in [-0.05, 0) is 31.0 Å². The number of nitrogen functional groups attached to an aromatic ring is 1. The molecule has 1 aromatic carbocycles. The minimum atomic E-state index is -3.52. The van der Waals surface area contributed by atoms with Gasteiger partial charge < -0.3 is 10.8 Å². The second-order valence-electron chi connectivity index (χ2n) is 4.23. The van der Waals surface area contributed by atoms with Crippen molar-refractivity contribution in [1.82, 2.24) is 4.31 Å². The van der Waals surface area contributed by atoms with E-state index in [9.17, 15) is 13.5 Å². The fourth-order valence-corrected chi connectivity index (χ4v) is 3.53. The first kappa shape index (κ1) is 12.3. The van der Waals surface area contributed by atoms with Gasteiger partial charge in [-0.25, -0.2) is 8.42 Å². The van der Waals surface area contributed by atoms with Crippen LogP contribution in [0.25, 0.3) is 0 Å². The molecular weight excluding hydrogens is 240 g/mol. The summed E-state index contributed by atoms with van der Waals surface area (Å²) >= 11 is 0. The number of benzene rings is 1. The monoisotopic (exact) mass is 256 g/mol. The summed E-state index contributed by atoms with van der Waals surface area (Å²) in [6.07, 6.45) is 0.769. The zero-order valence-electron chi connectivity index (χ0n) is 9.41. The van der Waals surface area contributed by atoms with Gasteiger partial charge in [0.15, 0.2) is 0 Å². The number of β-amino-alcohol motifs (C(OH)–C–C–N with tert-alkyl or cyclic N) is 1. The Kier molecular flexibility index (Phi) is 3.37. The number of anilines is 1. The van der Waals surface area contributed by atoms with E-state index in [1.807, 2.05) is 0 Å². The van der Waals surface area contributed by atoms with Crippen molar-refractivity contribution >= 4 is 15.7 Å². The van der Waals surface area contributed by atoms with Crippen LogP contribution in [0.5, 0.6) is 0 Å². The minimum Gasteiger partial charge on any atom is -0.399 e. The van der Waals surface area contributed by atoms with Crippen molar-refractivity contribution in [2.75, 3.05) is 18.8 Å². The fourth-order valence-electron chi connectivity index (χ4n) is 1.96. The van der Waals surface area contributed by atoms with Gasteiger partial charge in [-0.3, -0.25) is 0 Å². The normalized spacial score (nSPS) is 22.5. The first-order chi connectivity index (χ1) is 8.00. The molecule has 1 fully saturated rings. The quantitative estimate of drug-likeness (QED) is 0.751. The highest BCUT2D eigenvalue weighted by Crippen LogP contribution is 2.21. The average molecular weight is 256 g/mol. The Bertz CT molecular complexity index is 501. The molecule has 0 aromatic heterocycles. The maximum atomic E-state index is 12.2. The van der Waals surface area contributed by atoms with E-state index in [0.717, 1.165) is 0 Å². The van der Waals surface area contributed by atoms with Gasteiger partial charge in [-0.15, -0.1) is 0 Å². The van der Waals surface area contributed by atoms with Crippen LogP contribution in [0.3, 0.4) is 0 Å². The summed E-state index contributed by atoms with van der Waals surface area (Å²) in [4.78, 5) is 0.187. The molecule has 1 atom stereocenters. The standard InChI is InChI=1S/C11H16N2O3S/c12-9-3-1-5-11(7-9)17(15,16)13-6-2-4-10(14)8-13/h1,3,5,7,10,14H,2,4,6,8,12H2/t10-/m0/s1. The van der Waals surface area contributed by atoms with Gasteiger partial charge >= 0.3 is 0 Å². The van der Waals surface area contributed by atoms with Crippen molar-refractivity contribution in [3.05, 3.63) is 24.3 Å². The Morgan fingerprint density at radius 2 is 2.18 bits per heavy atom. The van der Waals surface area contributed by atoms with Crippen molar-refractivity contribution in [1.29, 1.82) is 0 Å². The van der Waals surface area contributed by atoms with Crippen LogP contribution in [0, 0.1) is 0 Å². The van der Waals surface area contributed by atoms with Gasteiger partial charge in [0.05, 0.1) is 11.0 Å². The number of nitrogens with two attached hydrogens (primary N) is 1. The molecule has 1 aliphatic heterocycles. The smallest absolute Gasteiger partial charge is 0.243 e. The van der Waals surface area contributed by atoms with Crippen LogP contribution >= 0.6 is 0 Å². The molecule has 0 saturated carbocycles. The molecule has 1 saturated heterocycles. The second kappa shape index (κ2) is 4.64. The van der Waals surface area contributed by atoms with Crippen molar-refractivity contribution in [2.24, 2.45) is 0 Å². The summed E-state index contributed by atoms with van der Waals surface area (Å²) in [5.74, 6) is 0. The number of hydrogen-bond acceptors (Lipinski definition) is 4. The van der Waals surface area contributed by atoms with Gasteiger partial charge in [0, 0.05) is 18.8 Å². The number of hydrogen-bond donors (Lipinski definition) is 2. The largest absolute Gasteiger partial charge is 0.399 e. The predicted molar refractivity (Wildman–Crippen MR) is 64.9 cm³/mol. The van der Waals surface area contributed by atoms with Crippen molar-refractivity contribution < 1.29 is 13.5 Å². The van der Waals surface area contributed by atoms with Crippen LogP contribution in [0.2, 0.25) is 0 Å². The lowest BCUT2D eigenvalue weighted by Gasteiger charge is -2.29. The molecule has 0 radical (unpaired) electrons. The Morgan fingerprint density at radius 3 is 2.82 bits per heavy atom. The number of rotatable bonds is 2. The van der Waals surface area contributed by atoms with Gasteiger partial charge in [0.2, 0.25) is 10.0 Å². The fraction of sp³-hybridized carbons (Fsp3) is 0.455. The van der Waals surface area contributed by atoms with Crippen LogP contribution in [0.15, 0.2) is 29.2 Å². The Morgan fingerprint density at radius 1 is 1.41 bits per heavy atom. The first-order valence-corrected chi connectivity index (χ1v) is 6.98. The Balaban J connectivity index is 2.29. The molecule has 2 rings (SSSR count). The van der Waals surface area contributed by atoms with Crippen LogP contribution in [-0.4, -0.2) is 37.0 Å². The van der Waals surface area contributed by atoms with Crippen LogP contribution in [-0.2, 0) is 10.0 Å². The summed E-state index contributed by atoms with van der Waals surface area (Å²) in [5.41, 5.74) is 6.00. The number of aliphatic hydroxyl groups excluding tert-OH is 1. The van der Waals surface area contributed by atoms with Crippen molar-refractivity contribution in [3.8, 4) is 0 Å². The molecule has 1 aromatic rings. The molecule has 17 heavy (non-hydrogen) atoms. The van der Waals surface area contributed by atoms with Crippen molar-refractivity contribution in [3.63, 3.8) is 0 Å². The van der Waals surface area contributed by atoms with Crippen LogP contribution < -0.4 is 5.73 Å². The molecule has 1 aliphatic rings. The third-order valence-electron chi connectivity index (χ3n) is 2.86. The summed E-state index contributed by atoms with van der Waals surface area (Å²) in [7, 11) is -3.52. The molecule has 0 bridgehead atoms. The van der Waals surface area contributed by atoms with E-state index in [1.165, 1.54) is 16.4 Å². The summed E-state index contributed by atoms with van der Waals surface area (Å²) < 4.78 is 25.8. The van der Waals surface area contributed by atoms with Gasteiger partial charge in [-0.2, -0.15) is 4.31 Å². The third kappa shape index (κ3) is 2.59. The Hall–Kier alpha value is -1.11. The van der Waals surface area contributed by atoms with E-state index in [1.54, 1.807) is 12.1 Å². The maximum absolute atomic E-state index is 12.2. The highest BCUT2D eigenvalue weighted by Gasteiger charge is 2.29. The van der Waals surface area contributed by atoms with E-state index >= 15 is 0 Å². The maximum Gasteiger partial charge on any atom is 0.243 e. The highest BCUT2D eigenvalue weighted by molar-refractivity contribution is 7.89. The molecule has 94 valence electrons. The number of sulfonamides is 1. The van der Waals surface area contributed by atoms with E-state index in [0.29, 0.717) is 25.1 Å². The predicted octanol–water partition coefficient (Wildman–Crippen LogP) is 0.414. The molecule has 1 heterocycles. The molecule has 0 amide bonds. The van der Waals surface area contributed by atoms with Gasteiger partial charge in [-0.1, -0.05) is 6.07 Å². The van der Waals surface area contributed by atoms with Crippen molar-refractivity contribution in [2.45, 2.75) is 23.8 Å². The molecule has 5 nitrogen and oxygen atoms in total.